The van der Waals surface area contributed by atoms with E-state index in [1.165, 1.54) is 55.5 Å². The molecule has 3 heteroatoms. The van der Waals surface area contributed by atoms with Gasteiger partial charge < -0.3 is 9.97 Å². The molecule has 1 aliphatic carbocycles. The monoisotopic (exact) mass is 460 g/mol. The maximum absolute atomic E-state index is 3.74. The molecule has 0 bridgehead atoms. The van der Waals surface area contributed by atoms with Crippen LogP contribution < -0.4 is 0 Å². The first kappa shape index (κ1) is 17.2. The summed E-state index contributed by atoms with van der Waals surface area (Å²) in [6.07, 6.45) is 0. The predicted molar refractivity (Wildman–Crippen MR) is 133 cm³/mol. The lowest BCUT2D eigenvalue weighted by molar-refractivity contribution is 1.40. The summed E-state index contributed by atoms with van der Waals surface area (Å²) in [6.45, 7) is 0. The minimum absolute atomic E-state index is 1.08. The maximum Gasteiger partial charge on any atom is 0.0551 e. The van der Waals surface area contributed by atoms with Gasteiger partial charge in [0.2, 0.25) is 0 Å². The molecule has 2 N–H and O–H groups in total. The third-order valence-corrected chi connectivity index (χ3v) is 6.89. The van der Waals surface area contributed by atoms with Crippen LogP contribution in [0.25, 0.3) is 66.6 Å². The highest BCUT2D eigenvalue weighted by Crippen LogP contribution is 2.51. The second kappa shape index (κ2) is 6.22. The van der Waals surface area contributed by atoms with E-state index in [0.717, 1.165) is 15.5 Å². The summed E-state index contributed by atoms with van der Waals surface area (Å²) < 4.78 is 1.08. The molecule has 0 radical (unpaired) electrons. The molecule has 0 saturated carbocycles. The summed E-state index contributed by atoms with van der Waals surface area (Å²) in [5.41, 5.74) is 12.1. The minimum atomic E-state index is 1.08. The number of halogens is 1. The number of fused-ring (bicyclic) bond motifs is 12. The minimum Gasteiger partial charge on any atom is -0.354 e. The Morgan fingerprint density at radius 3 is 1.61 bits per heavy atom. The van der Waals surface area contributed by atoms with Crippen molar-refractivity contribution in [2.24, 2.45) is 0 Å². The van der Waals surface area contributed by atoms with Crippen LogP contribution in [0, 0.1) is 0 Å². The van der Waals surface area contributed by atoms with Gasteiger partial charge in [0, 0.05) is 48.5 Å². The van der Waals surface area contributed by atoms with Gasteiger partial charge in [0.1, 0.15) is 0 Å². The van der Waals surface area contributed by atoms with Crippen molar-refractivity contribution in [2.45, 2.75) is 0 Å². The van der Waals surface area contributed by atoms with E-state index in [0.29, 0.717) is 0 Å². The molecule has 1 aliphatic rings. The average molecular weight is 461 g/mol. The van der Waals surface area contributed by atoms with Crippen LogP contribution in [0.4, 0.5) is 0 Å². The first-order valence-electron chi connectivity index (χ1n) is 10.4. The third-order valence-electron chi connectivity index (χ3n) is 6.40. The quantitative estimate of drug-likeness (QED) is 0.227. The summed E-state index contributed by atoms with van der Waals surface area (Å²) in [5, 5.41) is 2.49. The molecule has 6 aromatic rings. The number of aromatic nitrogens is 2. The second-order valence-corrected chi connectivity index (χ2v) is 8.99. The van der Waals surface area contributed by atoms with Gasteiger partial charge in [-0.25, -0.2) is 0 Å². The molecule has 31 heavy (non-hydrogen) atoms. The molecule has 0 aliphatic heterocycles. The van der Waals surface area contributed by atoms with E-state index in [4.69, 9.17) is 0 Å². The predicted octanol–water partition coefficient (Wildman–Crippen LogP) is 8.39. The van der Waals surface area contributed by atoms with E-state index in [-0.39, 0.29) is 0 Å². The molecule has 2 aromatic heterocycles. The normalized spacial score (nSPS) is 12.0. The smallest absolute Gasteiger partial charge is 0.0551 e. The molecule has 2 nitrogen and oxygen atoms in total. The molecule has 146 valence electrons. The van der Waals surface area contributed by atoms with Crippen LogP contribution in [0.15, 0.2) is 95.5 Å². The van der Waals surface area contributed by atoms with Crippen LogP contribution in [0.1, 0.15) is 0 Å². The highest BCUT2D eigenvalue weighted by atomic mass is 79.9. The van der Waals surface area contributed by atoms with Gasteiger partial charge in [0.25, 0.3) is 0 Å². The molecule has 0 atom stereocenters. The van der Waals surface area contributed by atoms with E-state index in [9.17, 15) is 0 Å². The molecule has 7 rings (SSSR count). The van der Waals surface area contributed by atoms with Crippen LogP contribution >= 0.6 is 15.9 Å². The van der Waals surface area contributed by atoms with Crippen molar-refractivity contribution in [1.29, 1.82) is 0 Å². The molecule has 2 heterocycles. The number of hydrogen-bond donors (Lipinski definition) is 2. The van der Waals surface area contributed by atoms with E-state index in [2.05, 4.69) is 117 Å². The van der Waals surface area contributed by atoms with Crippen molar-refractivity contribution in [3.63, 3.8) is 0 Å². The van der Waals surface area contributed by atoms with Gasteiger partial charge >= 0.3 is 0 Å². The van der Waals surface area contributed by atoms with Crippen molar-refractivity contribution in [3.05, 3.63) is 95.5 Å². The topological polar surface area (TPSA) is 31.6 Å². The summed E-state index contributed by atoms with van der Waals surface area (Å²) in [6, 6.07) is 32.5. The number of aromatic amines is 2. The zero-order valence-corrected chi connectivity index (χ0v) is 18.1. The van der Waals surface area contributed by atoms with Crippen molar-refractivity contribution in [2.75, 3.05) is 0 Å². The standard InChI is InChI=1S/C28H17BrN2/c29-16-13-14-17-22(15-16)26-21-10-4-6-12-24(21)31-28(26)19-8-2-1-7-18(19)27-25(17)20-9-3-5-11-23(20)30-27/h1-15,30-31H. The van der Waals surface area contributed by atoms with Crippen molar-refractivity contribution in [1.82, 2.24) is 9.97 Å². The molecule has 0 unspecified atom stereocenters. The lowest BCUT2D eigenvalue weighted by Crippen LogP contribution is -1.95. The summed E-state index contributed by atoms with van der Waals surface area (Å²) in [4.78, 5) is 7.47. The molecular weight excluding hydrogens is 444 g/mol. The summed E-state index contributed by atoms with van der Waals surface area (Å²) in [7, 11) is 0. The Morgan fingerprint density at radius 2 is 1.00 bits per heavy atom. The van der Waals surface area contributed by atoms with Crippen LogP contribution in [0.2, 0.25) is 0 Å². The van der Waals surface area contributed by atoms with E-state index in [1.54, 1.807) is 0 Å². The van der Waals surface area contributed by atoms with E-state index < -0.39 is 0 Å². The fourth-order valence-corrected chi connectivity index (χ4v) is 5.47. The third kappa shape index (κ3) is 2.32. The van der Waals surface area contributed by atoms with Crippen LogP contribution in [-0.2, 0) is 0 Å². The molecular formula is C28H17BrN2. The van der Waals surface area contributed by atoms with Gasteiger partial charge in [-0.2, -0.15) is 0 Å². The van der Waals surface area contributed by atoms with E-state index >= 15 is 0 Å². The van der Waals surface area contributed by atoms with Crippen molar-refractivity contribution < 1.29 is 0 Å². The number of rotatable bonds is 0. The first-order chi connectivity index (χ1) is 15.3. The largest absolute Gasteiger partial charge is 0.354 e. The van der Waals surface area contributed by atoms with Gasteiger partial charge in [-0.1, -0.05) is 82.7 Å². The summed E-state index contributed by atoms with van der Waals surface area (Å²) >= 11 is 3.73. The number of nitrogens with one attached hydrogen (secondary N) is 2. The second-order valence-electron chi connectivity index (χ2n) is 8.08. The highest BCUT2D eigenvalue weighted by molar-refractivity contribution is 9.10. The Kier molecular flexibility index (Phi) is 3.44. The Morgan fingerprint density at radius 1 is 0.484 bits per heavy atom. The Labute approximate surface area is 187 Å². The van der Waals surface area contributed by atoms with Crippen molar-refractivity contribution in [3.8, 4) is 44.8 Å². The van der Waals surface area contributed by atoms with E-state index in [1.807, 2.05) is 0 Å². The maximum atomic E-state index is 3.74. The molecule has 0 spiro atoms. The van der Waals surface area contributed by atoms with Gasteiger partial charge in [0.05, 0.1) is 11.4 Å². The fraction of sp³-hybridized carbons (Fsp3) is 0. The Bertz CT molecular complexity index is 1650. The molecule has 0 saturated heterocycles. The molecule has 4 aromatic carbocycles. The SMILES string of the molecule is Brc1ccc2c(c1)-c1c([nH]c3ccccc13)-c1ccccc1-c1[nH]c3ccccc3c1-2. The molecule has 0 amide bonds. The van der Waals surface area contributed by atoms with Gasteiger partial charge in [-0.05, 0) is 35.4 Å². The molecule has 0 fully saturated rings. The van der Waals surface area contributed by atoms with Gasteiger partial charge in [0.15, 0.2) is 0 Å². The van der Waals surface area contributed by atoms with Gasteiger partial charge in [-0.15, -0.1) is 0 Å². The van der Waals surface area contributed by atoms with Crippen LogP contribution in [0.5, 0.6) is 0 Å². The van der Waals surface area contributed by atoms with Crippen LogP contribution in [-0.4, -0.2) is 9.97 Å². The lowest BCUT2D eigenvalue weighted by atomic mass is 9.84. The number of hydrogen-bond acceptors (Lipinski definition) is 0. The number of para-hydroxylation sites is 2. The van der Waals surface area contributed by atoms with Crippen LogP contribution in [0.3, 0.4) is 0 Å². The Balaban J connectivity index is 1.76. The Hall–Kier alpha value is -3.56. The number of benzene rings is 4. The lowest BCUT2D eigenvalue weighted by Gasteiger charge is -2.19. The average Bonchev–Trinajstić information content (AvgIpc) is 3.37. The van der Waals surface area contributed by atoms with Crippen molar-refractivity contribution >= 4 is 37.7 Å². The zero-order chi connectivity index (χ0) is 20.5. The first-order valence-corrected chi connectivity index (χ1v) is 11.2. The van der Waals surface area contributed by atoms with Gasteiger partial charge in [-0.3, -0.25) is 0 Å². The highest BCUT2D eigenvalue weighted by Gasteiger charge is 2.27. The summed E-state index contributed by atoms with van der Waals surface area (Å²) in [5.74, 6) is 0. The zero-order valence-electron chi connectivity index (χ0n) is 16.5. The number of H-pyrrole nitrogens is 2. The fourth-order valence-electron chi connectivity index (χ4n) is 5.11.